The zero-order valence-electron chi connectivity index (χ0n) is 20.2. The van der Waals surface area contributed by atoms with Crippen molar-refractivity contribution in [1.82, 2.24) is 0 Å². The molecule has 4 rings (SSSR count). The number of quaternary nitrogens is 1. The fraction of sp³-hybridized carbons (Fsp3) is 0.586. The van der Waals surface area contributed by atoms with Crippen LogP contribution in [0.25, 0.3) is 0 Å². The first-order chi connectivity index (χ1) is 14.1. The van der Waals surface area contributed by atoms with Crippen molar-refractivity contribution in [3.63, 3.8) is 0 Å². The number of hydrogen-bond donors (Lipinski definition) is 0. The summed E-state index contributed by atoms with van der Waals surface area (Å²) in [5, 5.41) is 0. The van der Waals surface area contributed by atoms with Crippen LogP contribution in [0.15, 0.2) is 48.5 Å². The van der Waals surface area contributed by atoms with Gasteiger partial charge < -0.3 is 4.48 Å². The van der Waals surface area contributed by atoms with E-state index < -0.39 is 0 Å². The maximum absolute atomic E-state index is 2.62. The van der Waals surface area contributed by atoms with Crippen LogP contribution in [0.3, 0.4) is 0 Å². The van der Waals surface area contributed by atoms with Crippen LogP contribution < -0.4 is 0 Å². The smallest absolute Gasteiger partial charge is 0.104 e. The summed E-state index contributed by atoms with van der Waals surface area (Å²) in [6.07, 6.45) is 6.71. The number of aryl methyl sites for hydroxylation is 1. The maximum atomic E-state index is 2.62. The minimum absolute atomic E-state index is 0.336. The Bertz CT molecular complexity index is 880. The standard InChI is InChI=1S/C29H42N/c1-22(2)24-13-15-26-25(19-24)14-16-27-28(3,17-10-18-29(26,27)4)21-30(5,6)20-23-11-8-7-9-12-23/h7-9,11-13,15,19,22,27H,10,14,16-18,20-21H2,1-6H3/q+1/t27-,28-,29+/m0/s1. The molecule has 2 aromatic carbocycles. The molecule has 1 saturated carbocycles. The summed E-state index contributed by atoms with van der Waals surface area (Å²) in [5.41, 5.74) is 7.02. The Kier molecular flexibility index (Phi) is 5.64. The number of benzene rings is 2. The van der Waals surface area contributed by atoms with E-state index in [2.05, 4.69) is 90.3 Å². The molecule has 0 aliphatic heterocycles. The van der Waals surface area contributed by atoms with Crippen LogP contribution >= 0.6 is 0 Å². The average molecular weight is 405 g/mol. The van der Waals surface area contributed by atoms with Gasteiger partial charge in [-0.2, -0.15) is 0 Å². The van der Waals surface area contributed by atoms with E-state index in [1.807, 2.05) is 0 Å². The predicted octanol–water partition coefficient (Wildman–Crippen LogP) is 7.10. The minimum Gasteiger partial charge on any atom is -0.324 e. The Hall–Kier alpha value is -1.60. The zero-order chi connectivity index (χ0) is 21.6. The SMILES string of the molecule is CC(C)c1ccc2c(c1)CC[C@H]1[C@](C)(C[N+](C)(C)Cc3ccccc3)CCC[C@]21C. The van der Waals surface area contributed by atoms with Gasteiger partial charge in [0.1, 0.15) is 6.54 Å². The van der Waals surface area contributed by atoms with Crippen LogP contribution in [-0.4, -0.2) is 25.1 Å². The van der Waals surface area contributed by atoms with Crippen molar-refractivity contribution in [3.05, 3.63) is 70.8 Å². The molecule has 0 saturated heterocycles. The van der Waals surface area contributed by atoms with Crippen molar-refractivity contribution in [2.24, 2.45) is 11.3 Å². The molecular formula is C29H42N+. The summed E-state index contributed by atoms with van der Waals surface area (Å²) < 4.78 is 1.08. The topological polar surface area (TPSA) is 0 Å². The molecule has 0 spiro atoms. The van der Waals surface area contributed by atoms with Gasteiger partial charge in [-0.25, -0.2) is 0 Å². The fourth-order valence-corrected chi connectivity index (χ4v) is 7.30. The lowest BCUT2D eigenvalue weighted by Gasteiger charge is -2.56. The van der Waals surface area contributed by atoms with Crippen molar-refractivity contribution in [2.75, 3.05) is 20.6 Å². The van der Waals surface area contributed by atoms with E-state index in [-0.39, 0.29) is 0 Å². The lowest BCUT2D eigenvalue weighted by Crippen LogP contribution is -2.56. The Morgan fingerprint density at radius 2 is 1.73 bits per heavy atom. The monoisotopic (exact) mass is 404 g/mol. The molecule has 3 atom stereocenters. The molecule has 2 aliphatic rings. The van der Waals surface area contributed by atoms with Gasteiger partial charge in [-0.1, -0.05) is 82.6 Å². The summed E-state index contributed by atoms with van der Waals surface area (Å²) >= 11 is 0. The number of rotatable bonds is 5. The quantitative estimate of drug-likeness (QED) is 0.466. The van der Waals surface area contributed by atoms with Crippen molar-refractivity contribution < 1.29 is 4.48 Å². The normalized spacial score (nSPS) is 28.8. The molecule has 0 radical (unpaired) electrons. The second-order valence-electron chi connectivity index (χ2n) is 11.8. The molecular weight excluding hydrogens is 362 g/mol. The molecule has 0 N–H and O–H groups in total. The van der Waals surface area contributed by atoms with Crippen molar-refractivity contribution >= 4 is 0 Å². The van der Waals surface area contributed by atoms with E-state index in [1.54, 1.807) is 11.1 Å². The van der Waals surface area contributed by atoms with Crippen molar-refractivity contribution in [3.8, 4) is 0 Å². The van der Waals surface area contributed by atoms with Crippen LogP contribution in [0.1, 0.15) is 81.5 Å². The summed E-state index contributed by atoms with van der Waals surface area (Å²) in [4.78, 5) is 0. The van der Waals surface area contributed by atoms with Crippen LogP contribution in [0.4, 0.5) is 0 Å². The van der Waals surface area contributed by atoms with Crippen LogP contribution in [0.5, 0.6) is 0 Å². The Balaban J connectivity index is 1.61. The highest BCUT2D eigenvalue weighted by Crippen LogP contribution is 2.57. The summed E-state index contributed by atoms with van der Waals surface area (Å²) in [6, 6.07) is 18.5. The lowest BCUT2D eigenvalue weighted by atomic mass is 9.49. The second-order valence-corrected chi connectivity index (χ2v) is 11.8. The average Bonchev–Trinajstić information content (AvgIpc) is 2.67. The third-order valence-corrected chi connectivity index (χ3v) is 8.41. The van der Waals surface area contributed by atoms with Gasteiger partial charge in [-0.3, -0.25) is 0 Å². The van der Waals surface area contributed by atoms with Crippen LogP contribution in [0, 0.1) is 11.3 Å². The van der Waals surface area contributed by atoms with Gasteiger partial charge >= 0.3 is 0 Å². The van der Waals surface area contributed by atoms with Gasteiger partial charge in [0.25, 0.3) is 0 Å². The molecule has 1 fully saturated rings. The van der Waals surface area contributed by atoms with E-state index in [0.717, 1.165) is 16.9 Å². The number of nitrogens with zero attached hydrogens (tertiary/aromatic N) is 1. The van der Waals surface area contributed by atoms with Gasteiger partial charge in [0.15, 0.2) is 0 Å². The number of hydrogen-bond acceptors (Lipinski definition) is 0. The Labute approximate surface area is 185 Å². The molecule has 30 heavy (non-hydrogen) atoms. The van der Waals surface area contributed by atoms with Crippen LogP contribution in [-0.2, 0) is 18.4 Å². The predicted molar refractivity (Wildman–Crippen MR) is 129 cm³/mol. The molecule has 2 aliphatic carbocycles. The largest absolute Gasteiger partial charge is 0.324 e. The first kappa shape index (κ1) is 21.6. The molecule has 0 aromatic heterocycles. The molecule has 0 bridgehead atoms. The highest BCUT2D eigenvalue weighted by atomic mass is 15.3. The first-order valence-electron chi connectivity index (χ1n) is 12.1. The molecule has 1 heteroatoms. The minimum atomic E-state index is 0.336. The second kappa shape index (κ2) is 7.83. The van der Waals surface area contributed by atoms with E-state index in [9.17, 15) is 0 Å². The van der Waals surface area contributed by atoms with Gasteiger partial charge in [0.05, 0.1) is 20.6 Å². The summed E-state index contributed by atoms with van der Waals surface area (Å²) in [6.45, 7) is 12.2. The van der Waals surface area contributed by atoms with Crippen molar-refractivity contribution in [1.29, 1.82) is 0 Å². The van der Waals surface area contributed by atoms with Gasteiger partial charge in [0.2, 0.25) is 0 Å². The molecule has 0 heterocycles. The van der Waals surface area contributed by atoms with E-state index >= 15 is 0 Å². The lowest BCUT2D eigenvalue weighted by molar-refractivity contribution is -0.910. The third-order valence-electron chi connectivity index (χ3n) is 8.41. The molecule has 1 nitrogen and oxygen atoms in total. The molecule has 2 aromatic rings. The van der Waals surface area contributed by atoms with E-state index in [1.165, 1.54) is 49.8 Å². The fourth-order valence-electron chi connectivity index (χ4n) is 7.30. The maximum Gasteiger partial charge on any atom is 0.104 e. The highest BCUT2D eigenvalue weighted by molar-refractivity contribution is 5.42. The van der Waals surface area contributed by atoms with E-state index in [0.29, 0.717) is 16.7 Å². The molecule has 162 valence electrons. The number of fused-ring (bicyclic) bond motifs is 3. The molecule has 0 amide bonds. The summed E-state index contributed by atoms with van der Waals surface area (Å²) in [7, 11) is 4.88. The van der Waals surface area contributed by atoms with Gasteiger partial charge in [-0.05, 0) is 59.6 Å². The highest BCUT2D eigenvalue weighted by Gasteiger charge is 2.53. The molecule has 0 unspecified atom stereocenters. The Morgan fingerprint density at radius 3 is 2.43 bits per heavy atom. The summed E-state index contributed by atoms with van der Waals surface area (Å²) in [5.74, 6) is 1.40. The third kappa shape index (κ3) is 3.98. The van der Waals surface area contributed by atoms with Crippen molar-refractivity contribution in [2.45, 2.75) is 77.7 Å². The van der Waals surface area contributed by atoms with Gasteiger partial charge in [0, 0.05) is 11.0 Å². The van der Waals surface area contributed by atoms with Gasteiger partial charge in [-0.15, -0.1) is 0 Å². The van der Waals surface area contributed by atoms with E-state index in [4.69, 9.17) is 0 Å². The zero-order valence-corrected chi connectivity index (χ0v) is 20.2. The van der Waals surface area contributed by atoms with Crippen LogP contribution in [0.2, 0.25) is 0 Å². The Morgan fingerprint density at radius 1 is 1.00 bits per heavy atom. The first-order valence-corrected chi connectivity index (χ1v) is 12.1.